The summed E-state index contributed by atoms with van der Waals surface area (Å²) in [5.41, 5.74) is 5.47. The van der Waals surface area contributed by atoms with Crippen LogP contribution in [0.5, 0.6) is 0 Å². The van der Waals surface area contributed by atoms with Crippen LogP contribution in [0.25, 0.3) is 17.3 Å². The van der Waals surface area contributed by atoms with E-state index in [1.807, 2.05) is 78.5 Å². The van der Waals surface area contributed by atoms with E-state index in [4.69, 9.17) is 10.2 Å². The Morgan fingerprint density at radius 3 is 2.34 bits per heavy atom. The molecule has 0 aliphatic heterocycles. The van der Waals surface area contributed by atoms with E-state index in [1.54, 1.807) is 13.0 Å². The summed E-state index contributed by atoms with van der Waals surface area (Å²) in [5.74, 6) is -0.395. The maximum absolute atomic E-state index is 12.8. The van der Waals surface area contributed by atoms with Crippen molar-refractivity contribution in [2.24, 2.45) is 5.14 Å². The quantitative estimate of drug-likeness (QED) is 0.375. The average molecular weight is 487 g/mol. The van der Waals surface area contributed by atoms with Crippen molar-refractivity contribution in [3.63, 3.8) is 0 Å². The third kappa shape index (κ3) is 5.92. The second-order valence-electron chi connectivity index (χ2n) is 8.26. The van der Waals surface area contributed by atoms with Crippen LogP contribution in [0.3, 0.4) is 0 Å². The van der Waals surface area contributed by atoms with Crippen molar-refractivity contribution in [2.45, 2.75) is 25.3 Å². The number of rotatable bonds is 7. The molecule has 3 N–H and O–H groups in total. The van der Waals surface area contributed by atoms with E-state index in [0.717, 1.165) is 27.9 Å². The first kappa shape index (κ1) is 24.1. The van der Waals surface area contributed by atoms with E-state index >= 15 is 0 Å². The number of carbonyl (C=O) groups excluding carboxylic acids is 1. The number of carbonyl (C=O) groups is 1. The largest absolute Gasteiger partial charge is 0.322 e. The number of benzene rings is 3. The molecule has 1 aromatic heterocycles. The molecule has 1 heterocycles. The highest BCUT2D eigenvalue weighted by Gasteiger charge is 2.14. The maximum Gasteiger partial charge on any atom is 0.248 e. The van der Waals surface area contributed by atoms with Gasteiger partial charge in [0.1, 0.15) is 0 Å². The van der Waals surface area contributed by atoms with Gasteiger partial charge in [-0.2, -0.15) is 5.10 Å². The summed E-state index contributed by atoms with van der Waals surface area (Å²) >= 11 is 0. The standard InChI is InChI=1S/C27H26N4O3S/c1-19-15-24(35(28,33)34)16-25(20(19)2)29-26(32)14-13-23-18-31(17-21-9-5-3-6-10-21)30-27(23)22-11-7-4-8-12-22/h3-16,18H,17H2,1-2H3,(H,29,32)(H2,28,33,34)/b14-13+. The molecule has 7 nitrogen and oxygen atoms in total. The second-order valence-corrected chi connectivity index (χ2v) is 9.82. The number of primary sulfonamides is 1. The molecule has 8 heteroatoms. The Kier molecular flexibility index (Phi) is 6.95. The Hall–Kier alpha value is -4.01. The van der Waals surface area contributed by atoms with Gasteiger partial charge in [-0.1, -0.05) is 60.7 Å². The van der Waals surface area contributed by atoms with Crippen LogP contribution in [-0.4, -0.2) is 24.1 Å². The van der Waals surface area contributed by atoms with Gasteiger partial charge in [0.2, 0.25) is 15.9 Å². The van der Waals surface area contributed by atoms with Gasteiger partial charge >= 0.3 is 0 Å². The van der Waals surface area contributed by atoms with Gasteiger partial charge in [0.25, 0.3) is 0 Å². The minimum atomic E-state index is -3.90. The van der Waals surface area contributed by atoms with Crippen LogP contribution in [0.4, 0.5) is 5.69 Å². The minimum Gasteiger partial charge on any atom is -0.322 e. The van der Waals surface area contributed by atoms with Gasteiger partial charge in [0, 0.05) is 29.1 Å². The molecule has 4 aromatic rings. The van der Waals surface area contributed by atoms with Crippen LogP contribution in [0.2, 0.25) is 0 Å². The first-order valence-electron chi connectivity index (χ1n) is 11.0. The molecule has 0 atom stereocenters. The molecule has 0 aliphatic carbocycles. The summed E-state index contributed by atoms with van der Waals surface area (Å²) < 4.78 is 25.4. The smallest absolute Gasteiger partial charge is 0.248 e. The van der Waals surface area contributed by atoms with E-state index in [9.17, 15) is 13.2 Å². The zero-order chi connectivity index (χ0) is 25.0. The zero-order valence-electron chi connectivity index (χ0n) is 19.5. The third-order valence-corrected chi connectivity index (χ3v) is 6.56. The van der Waals surface area contributed by atoms with Crippen LogP contribution in [0.15, 0.2) is 90.0 Å². The molecule has 1 amide bonds. The zero-order valence-corrected chi connectivity index (χ0v) is 20.3. The van der Waals surface area contributed by atoms with Gasteiger partial charge in [-0.05, 0) is 48.7 Å². The normalized spacial score (nSPS) is 11.6. The molecular weight excluding hydrogens is 460 g/mol. The average Bonchev–Trinajstić information content (AvgIpc) is 3.23. The fourth-order valence-electron chi connectivity index (χ4n) is 3.69. The summed E-state index contributed by atoms with van der Waals surface area (Å²) in [6, 6.07) is 22.6. The van der Waals surface area contributed by atoms with E-state index in [2.05, 4.69) is 5.32 Å². The summed E-state index contributed by atoms with van der Waals surface area (Å²) in [5, 5.41) is 12.8. The topological polar surface area (TPSA) is 107 Å². The molecule has 35 heavy (non-hydrogen) atoms. The lowest BCUT2D eigenvalue weighted by Gasteiger charge is -2.11. The molecule has 0 unspecified atom stereocenters. The number of nitrogens with two attached hydrogens (primary N) is 1. The molecule has 0 fully saturated rings. The Morgan fingerprint density at radius 2 is 1.69 bits per heavy atom. The first-order chi connectivity index (χ1) is 16.7. The van der Waals surface area contributed by atoms with Gasteiger partial charge in [-0.3, -0.25) is 9.48 Å². The highest BCUT2D eigenvalue weighted by atomic mass is 32.2. The van der Waals surface area contributed by atoms with Crippen molar-refractivity contribution in [2.75, 3.05) is 5.32 Å². The number of aryl methyl sites for hydroxylation is 1. The fraction of sp³-hybridized carbons (Fsp3) is 0.111. The number of amides is 1. The van der Waals surface area contributed by atoms with Crippen molar-refractivity contribution in [3.05, 3.63) is 107 Å². The van der Waals surface area contributed by atoms with Crippen molar-refractivity contribution < 1.29 is 13.2 Å². The fourth-order valence-corrected chi connectivity index (χ4v) is 4.31. The summed E-state index contributed by atoms with van der Waals surface area (Å²) in [4.78, 5) is 12.7. The Labute approximate surface area is 205 Å². The van der Waals surface area contributed by atoms with Gasteiger partial charge in [-0.25, -0.2) is 13.6 Å². The molecule has 0 spiro atoms. The molecule has 0 saturated carbocycles. The van der Waals surface area contributed by atoms with Crippen LogP contribution >= 0.6 is 0 Å². The second kappa shape index (κ2) is 10.1. The number of hydrogen-bond acceptors (Lipinski definition) is 4. The van der Waals surface area contributed by atoms with E-state index < -0.39 is 15.9 Å². The lowest BCUT2D eigenvalue weighted by atomic mass is 10.1. The van der Waals surface area contributed by atoms with Crippen LogP contribution in [0, 0.1) is 13.8 Å². The van der Waals surface area contributed by atoms with Crippen molar-refractivity contribution >= 4 is 27.7 Å². The number of nitrogens with one attached hydrogen (secondary N) is 1. The summed E-state index contributed by atoms with van der Waals surface area (Å²) in [6.45, 7) is 4.17. The predicted octanol–water partition coefficient (Wildman–Crippen LogP) is 4.51. The first-order valence-corrected chi connectivity index (χ1v) is 12.6. The molecule has 3 aromatic carbocycles. The number of hydrogen-bond donors (Lipinski definition) is 2. The van der Waals surface area contributed by atoms with E-state index in [-0.39, 0.29) is 4.90 Å². The van der Waals surface area contributed by atoms with Crippen molar-refractivity contribution in [1.29, 1.82) is 0 Å². The van der Waals surface area contributed by atoms with E-state index in [0.29, 0.717) is 17.8 Å². The summed E-state index contributed by atoms with van der Waals surface area (Å²) in [7, 11) is -3.90. The molecule has 0 bridgehead atoms. The van der Waals surface area contributed by atoms with Gasteiger partial charge < -0.3 is 5.32 Å². The van der Waals surface area contributed by atoms with Crippen LogP contribution in [0.1, 0.15) is 22.3 Å². The maximum atomic E-state index is 12.8. The Morgan fingerprint density at radius 1 is 1.03 bits per heavy atom. The van der Waals surface area contributed by atoms with Crippen LogP contribution in [-0.2, 0) is 21.4 Å². The Bertz CT molecular complexity index is 1490. The number of aromatic nitrogens is 2. The van der Waals surface area contributed by atoms with Crippen LogP contribution < -0.4 is 10.5 Å². The number of nitrogens with zero attached hydrogens (tertiary/aromatic N) is 2. The molecule has 178 valence electrons. The lowest BCUT2D eigenvalue weighted by molar-refractivity contribution is -0.111. The lowest BCUT2D eigenvalue weighted by Crippen LogP contribution is -2.15. The van der Waals surface area contributed by atoms with Gasteiger partial charge in [0.05, 0.1) is 17.1 Å². The number of anilines is 1. The van der Waals surface area contributed by atoms with Gasteiger partial charge in [0.15, 0.2) is 0 Å². The summed E-state index contributed by atoms with van der Waals surface area (Å²) in [6.07, 6.45) is 5.02. The highest BCUT2D eigenvalue weighted by Crippen LogP contribution is 2.25. The molecule has 4 rings (SSSR count). The Balaban J connectivity index is 1.62. The molecule has 0 aliphatic rings. The van der Waals surface area contributed by atoms with Crippen molar-refractivity contribution in [3.8, 4) is 11.3 Å². The molecular formula is C27H26N4O3S. The van der Waals surface area contributed by atoms with E-state index in [1.165, 1.54) is 18.2 Å². The SMILES string of the molecule is Cc1cc(S(N)(=O)=O)cc(NC(=O)/C=C/c2cn(Cc3ccccc3)nc2-c2ccccc2)c1C. The number of sulfonamides is 1. The third-order valence-electron chi connectivity index (χ3n) is 5.67. The highest BCUT2D eigenvalue weighted by molar-refractivity contribution is 7.89. The predicted molar refractivity (Wildman–Crippen MR) is 138 cm³/mol. The molecule has 0 saturated heterocycles. The van der Waals surface area contributed by atoms with Crippen molar-refractivity contribution in [1.82, 2.24) is 9.78 Å². The van der Waals surface area contributed by atoms with Gasteiger partial charge in [-0.15, -0.1) is 0 Å². The molecule has 0 radical (unpaired) electrons. The minimum absolute atomic E-state index is 0.0477. The monoisotopic (exact) mass is 486 g/mol.